The Hall–Kier alpha value is -1.07. The lowest BCUT2D eigenvalue weighted by Gasteiger charge is -2.06. The van der Waals surface area contributed by atoms with Crippen molar-refractivity contribution in [3.05, 3.63) is 36.5 Å². The number of nitrogens with zero attached hydrogens (tertiary/aromatic N) is 1. The quantitative estimate of drug-likeness (QED) is 0.622. The molecule has 0 aliphatic heterocycles. The zero-order chi connectivity index (χ0) is 13.0. The van der Waals surface area contributed by atoms with Crippen molar-refractivity contribution in [2.24, 2.45) is 0 Å². The minimum atomic E-state index is -3.30. The minimum absolute atomic E-state index is 0.321. The van der Waals surface area contributed by atoms with Gasteiger partial charge in [0.25, 0.3) is 0 Å². The molecule has 0 spiro atoms. The first-order chi connectivity index (χ1) is 8.65. The van der Waals surface area contributed by atoms with Gasteiger partial charge in [-0.1, -0.05) is 31.5 Å². The number of para-hydroxylation sites is 1. The molecule has 18 heavy (non-hydrogen) atoms. The van der Waals surface area contributed by atoms with E-state index < -0.39 is 8.87 Å². The zero-order valence-electron chi connectivity index (χ0n) is 10.2. The first kappa shape index (κ1) is 13.4. The van der Waals surface area contributed by atoms with Crippen molar-refractivity contribution in [1.82, 2.24) is 4.98 Å². The molecular weight excluding hydrogens is 266 g/mol. The van der Waals surface area contributed by atoms with Crippen molar-refractivity contribution < 1.29 is 8.42 Å². The summed E-state index contributed by atoms with van der Waals surface area (Å²) in [6.45, 7) is 2.05. The van der Waals surface area contributed by atoms with E-state index in [1.807, 2.05) is 25.1 Å². The normalized spacial score (nSPS) is 11.8. The molecule has 0 fully saturated rings. The molecule has 0 bridgehead atoms. The third-order valence-electron chi connectivity index (χ3n) is 2.60. The molecule has 5 heteroatoms. The summed E-state index contributed by atoms with van der Waals surface area (Å²) in [6.07, 6.45) is 3.52. The summed E-state index contributed by atoms with van der Waals surface area (Å²) in [6, 6.07) is 8.94. The van der Waals surface area contributed by atoms with Gasteiger partial charge in [0.1, 0.15) is 4.90 Å². The van der Waals surface area contributed by atoms with Crippen LogP contribution in [0.3, 0.4) is 0 Å². The van der Waals surface area contributed by atoms with E-state index >= 15 is 0 Å². The predicted molar refractivity (Wildman–Crippen MR) is 76.3 cm³/mol. The van der Waals surface area contributed by atoms with Gasteiger partial charge in [0, 0.05) is 17.3 Å². The van der Waals surface area contributed by atoms with Gasteiger partial charge in [-0.15, -0.1) is 0 Å². The van der Waals surface area contributed by atoms with Gasteiger partial charge >= 0.3 is 0 Å². The van der Waals surface area contributed by atoms with E-state index in [0.29, 0.717) is 16.2 Å². The van der Waals surface area contributed by atoms with Crippen LogP contribution in [0.1, 0.15) is 19.8 Å². The third kappa shape index (κ3) is 2.84. The van der Waals surface area contributed by atoms with Gasteiger partial charge in [-0.05, 0) is 29.3 Å². The van der Waals surface area contributed by atoms with Crippen LogP contribution in [0, 0.1) is 0 Å². The lowest BCUT2D eigenvalue weighted by molar-refractivity contribution is 0.611. The van der Waals surface area contributed by atoms with Crippen molar-refractivity contribution in [2.75, 3.05) is 5.75 Å². The standard InChI is InChI=1S/C13H15NO2S2/c1-2-3-10-17-18(15,16)12-8-4-6-11-7-5-9-14-13(11)12/h4-9H,2-3,10H2,1H3. The monoisotopic (exact) mass is 281 g/mol. The van der Waals surface area contributed by atoms with Crippen LogP contribution in [0.4, 0.5) is 0 Å². The molecule has 2 aromatic rings. The van der Waals surface area contributed by atoms with Crippen LogP contribution in [0.15, 0.2) is 41.4 Å². The average molecular weight is 281 g/mol. The van der Waals surface area contributed by atoms with E-state index in [2.05, 4.69) is 4.98 Å². The number of hydrogen-bond donors (Lipinski definition) is 0. The smallest absolute Gasteiger partial charge is 0.232 e. The number of unbranched alkanes of at least 4 members (excludes halogenated alkanes) is 1. The van der Waals surface area contributed by atoms with Gasteiger partial charge in [-0.25, -0.2) is 8.42 Å². The molecule has 96 valence electrons. The van der Waals surface area contributed by atoms with Crippen LogP contribution >= 0.6 is 10.8 Å². The first-order valence-corrected chi connectivity index (χ1v) is 8.87. The number of rotatable bonds is 5. The molecule has 0 radical (unpaired) electrons. The molecule has 0 aliphatic carbocycles. The van der Waals surface area contributed by atoms with Crippen molar-refractivity contribution >= 4 is 30.6 Å². The fraction of sp³-hybridized carbons (Fsp3) is 0.308. The Morgan fingerprint density at radius 3 is 2.78 bits per heavy atom. The Morgan fingerprint density at radius 1 is 1.22 bits per heavy atom. The number of pyridine rings is 1. The molecule has 1 aromatic carbocycles. The maximum Gasteiger partial charge on any atom is 0.232 e. The van der Waals surface area contributed by atoms with E-state index in [-0.39, 0.29) is 0 Å². The lowest BCUT2D eigenvalue weighted by atomic mass is 10.2. The van der Waals surface area contributed by atoms with Crippen LogP contribution < -0.4 is 0 Å². The van der Waals surface area contributed by atoms with Crippen molar-refractivity contribution in [2.45, 2.75) is 24.7 Å². The Morgan fingerprint density at radius 2 is 2.00 bits per heavy atom. The van der Waals surface area contributed by atoms with E-state index in [0.717, 1.165) is 29.0 Å². The molecular formula is C13H15NO2S2. The molecule has 1 aromatic heterocycles. The second kappa shape index (κ2) is 5.71. The number of fused-ring (bicyclic) bond motifs is 1. The molecule has 0 amide bonds. The molecule has 3 nitrogen and oxygen atoms in total. The molecule has 2 rings (SSSR count). The van der Waals surface area contributed by atoms with Crippen LogP contribution in [0.25, 0.3) is 10.9 Å². The lowest BCUT2D eigenvalue weighted by Crippen LogP contribution is -1.99. The van der Waals surface area contributed by atoms with E-state index in [9.17, 15) is 8.42 Å². The van der Waals surface area contributed by atoms with Gasteiger partial charge in [-0.2, -0.15) is 0 Å². The Bertz CT molecular complexity index is 633. The second-order valence-corrected chi connectivity index (χ2v) is 7.98. The first-order valence-electron chi connectivity index (χ1n) is 5.88. The maximum absolute atomic E-state index is 12.2. The van der Waals surface area contributed by atoms with Crippen molar-refractivity contribution in [1.29, 1.82) is 0 Å². The Kier molecular flexibility index (Phi) is 4.24. The number of benzene rings is 1. The summed E-state index contributed by atoms with van der Waals surface area (Å²) in [4.78, 5) is 4.50. The SMILES string of the molecule is CCCCSS(=O)(=O)c1cccc2cccnc12. The number of aromatic nitrogens is 1. The molecule has 0 unspecified atom stereocenters. The maximum atomic E-state index is 12.2. The van der Waals surface area contributed by atoms with E-state index in [1.54, 1.807) is 18.3 Å². The third-order valence-corrected chi connectivity index (χ3v) is 6.20. The summed E-state index contributed by atoms with van der Waals surface area (Å²) in [5.41, 5.74) is 0.559. The van der Waals surface area contributed by atoms with Crippen molar-refractivity contribution in [3.8, 4) is 0 Å². The Labute approximate surface area is 111 Å². The summed E-state index contributed by atoms with van der Waals surface area (Å²) < 4.78 is 24.5. The average Bonchev–Trinajstić information content (AvgIpc) is 2.38. The highest BCUT2D eigenvalue weighted by atomic mass is 33.1. The highest BCUT2D eigenvalue weighted by Gasteiger charge is 2.18. The van der Waals surface area contributed by atoms with Gasteiger partial charge < -0.3 is 0 Å². The van der Waals surface area contributed by atoms with Crippen molar-refractivity contribution in [3.63, 3.8) is 0 Å². The van der Waals surface area contributed by atoms with Crippen LogP contribution in [-0.2, 0) is 8.87 Å². The second-order valence-electron chi connectivity index (χ2n) is 3.96. The van der Waals surface area contributed by atoms with E-state index in [1.165, 1.54) is 0 Å². The summed E-state index contributed by atoms with van der Waals surface area (Å²) in [7, 11) is -2.30. The molecule has 0 aliphatic rings. The fourth-order valence-corrected chi connectivity index (χ4v) is 4.86. The minimum Gasteiger partial charge on any atom is -0.255 e. The molecule has 1 heterocycles. The number of hydrogen-bond acceptors (Lipinski definition) is 4. The topological polar surface area (TPSA) is 47.0 Å². The van der Waals surface area contributed by atoms with Gasteiger partial charge in [0.15, 0.2) is 0 Å². The molecule has 0 saturated carbocycles. The largest absolute Gasteiger partial charge is 0.255 e. The van der Waals surface area contributed by atoms with Crippen LogP contribution in [0.2, 0.25) is 0 Å². The summed E-state index contributed by atoms with van der Waals surface area (Å²) >= 11 is 0. The van der Waals surface area contributed by atoms with Gasteiger partial charge in [0.2, 0.25) is 8.87 Å². The van der Waals surface area contributed by atoms with Gasteiger partial charge in [0.05, 0.1) is 5.52 Å². The van der Waals surface area contributed by atoms with Gasteiger partial charge in [-0.3, -0.25) is 4.98 Å². The highest BCUT2D eigenvalue weighted by molar-refractivity contribution is 8.72. The molecule has 0 saturated heterocycles. The Balaban J connectivity index is 2.41. The van der Waals surface area contributed by atoms with Crippen LogP contribution in [-0.4, -0.2) is 19.2 Å². The molecule has 0 atom stereocenters. The predicted octanol–water partition coefficient (Wildman–Crippen LogP) is 3.46. The van der Waals surface area contributed by atoms with E-state index in [4.69, 9.17) is 0 Å². The summed E-state index contributed by atoms with van der Waals surface area (Å²) in [5, 5.41) is 0.856. The fourth-order valence-electron chi connectivity index (χ4n) is 1.65. The zero-order valence-corrected chi connectivity index (χ0v) is 11.8. The molecule has 0 N–H and O–H groups in total. The van der Waals surface area contributed by atoms with Crippen LogP contribution in [0.5, 0.6) is 0 Å². The summed E-state index contributed by atoms with van der Waals surface area (Å²) in [5.74, 6) is 0.627. The highest BCUT2D eigenvalue weighted by Crippen LogP contribution is 2.29.